The van der Waals surface area contributed by atoms with Gasteiger partial charge in [0.1, 0.15) is 5.83 Å². The molecule has 0 bridgehead atoms. The molecule has 0 saturated carbocycles. The monoisotopic (exact) mass is 162 g/mol. The first kappa shape index (κ1) is 10.1. The summed E-state index contributed by atoms with van der Waals surface area (Å²) in [7, 11) is 0. The Morgan fingerprint density at radius 2 is 1.82 bits per heavy atom. The fourth-order valence-corrected chi connectivity index (χ4v) is 0.665. The maximum atomic E-state index is 12.7. The van der Waals surface area contributed by atoms with Crippen LogP contribution in [0.2, 0.25) is 0 Å². The Kier molecular flexibility index (Phi) is 4.41. The van der Waals surface area contributed by atoms with Gasteiger partial charge in [0.15, 0.2) is 0 Å². The van der Waals surface area contributed by atoms with E-state index in [0.29, 0.717) is 6.42 Å². The Morgan fingerprint density at radius 1 is 1.27 bits per heavy atom. The fourth-order valence-electron chi connectivity index (χ4n) is 0.665. The molecule has 0 spiro atoms. The zero-order valence-electron chi connectivity index (χ0n) is 6.69. The maximum absolute atomic E-state index is 12.7. The number of aliphatic imine (C=N–C) groups is 1. The topological polar surface area (TPSA) is 38.4 Å². The number of rotatable bonds is 3. The fraction of sp³-hybridized carbons (Fsp3) is 0.571. The minimum Gasteiger partial charge on any atom is -0.360 e. The Hall–Kier alpha value is -0.930. The van der Waals surface area contributed by atoms with E-state index in [1.807, 2.05) is 0 Å². The third kappa shape index (κ3) is 3.70. The molecule has 0 aromatic carbocycles. The summed E-state index contributed by atoms with van der Waals surface area (Å²) in [5, 5.41) is 0. The molecular formula is C7H12F2N2. The third-order valence-electron chi connectivity index (χ3n) is 1.20. The molecule has 2 nitrogen and oxygen atoms in total. The normalized spacial score (nSPS) is 14.7. The van der Waals surface area contributed by atoms with E-state index >= 15 is 0 Å². The van der Waals surface area contributed by atoms with Gasteiger partial charge < -0.3 is 5.73 Å². The van der Waals surface area contributed by atoms with Crippen LogP contribution in [0.4, 0.5) is 8.78 Å². The van der Waals surface area contributed by atoms with Gasteiger partial charge in [0.2, 0.25) is 0 Å². The summed E-state index contributed by atoms with van der Waals surface area (Å²) in [4.78, 5) is 3.20. The first-order valence-electron chi connectivity index (χ1n) is 3.49. The molecule has 0 rings (SSSR count). The quantitative estimate of drug-likeness (QED) is 0.386. The largest absolute Gasteiger partial charge is 0.360 e. The van der Waals surface area contributed by atoms with Gasteiger partial charge in [0.25, 0.3) is 6.09 Å². The number of hydrogen-bond donors (Lipinski definition) is 1. The van der Waals surface area contributed by atoms with Crippen LogP contribution < -0.4 is 5.73 Å². The van der Waals surface area contributed by atoms with Crippen molar-refractivity contribution in [3.8, 4) is 0 Å². The van der Waals surface area contributed by atoms with Crippen molar-refractivity contribution < 1.29 is 8.78 Å². The van der Waals surface area contributed by atoms with Crippen molar-refractivity contribution in [2.75, 3.05) is 0 Å². The van der Waals surface area contributed by atoms with Crippen LogP contribution in [0.5, 0.6) is 0 Å². The number of nitrogens with zero attached hydrogens (tertiary/aromatic N) is 1. The van der Waals surface area contributed by atoms with E-state index in [2.05, 4.69) is 10.7 Å². The predicted molar refractivity (Wildman–Crippen MR) is 41.4 cm³/mol. The Balaban J connectivity index is 4.52. The lowest BCUT2D eigenvalue weighted by atomic mass is 10.3. The highest BCUT2D eigenvalue weighted by Crippen LogP contribution is 2.14. The van der Waals surface area contributed by atoms with Crippen LogP contribution in [0.25, 0.3) is 0 Å². The lowest BCUT2D eigenvalue weighted by Gasteiger charge is -1.97. The summed E-state index contributed by atoms with van der Waals surface area (Å²) in [5.74, 6) is -0.409. The van der Waals surface area contributed by atoms with Gasteiger partial charge in [-0.25, -0.2) is 9.38 Å². The SMILES string of the molecule is CC/C(F)=C(\CC)N=C(N)F. The van der Waals surface area contributed by atoms with E-state index < -0.39 is 11.9 Å². The summed E-state index contributed by atoms with van der Waals surface area (Å²) in [6, 6.07) is 0. The molecule has 0 saturated heterocycles. The molecule has 0 heterocycles. The van der Waals surface area contributed by atoms with Gasteiger partial charge >= 0.3 is 0 Å². The first-order chi connectivity index (χ1) is 5.11. The number of amidine groups is 1. The first-order valence-corrected chi connectivity index (χ1v) is 3.49. The highest BCUT2D eigenvalue weighted by atomic mass is 19.1. The van der Waals surface area contributed by atoms with Gasteiger partial charge in [0.05, 0.1) is 5.70 Å². The molecule has 0 aliphatic carbocycles. The Morgan fingerprint density at radius 3 is 2.09 bits per heavy atom. The molecule has 0 unspecified atom stereocenters. The summed E-state index contributed by atoms with van der Waals surface area (Å²) in [6.07, 6.45) is -0.519. The van der Waals surface area contributed by atoms with Gasteiger partial charge in [-0.1, -0.05) is 13.8 Å². The summed E-state index contributed by atoms with van der Waals surface area (Å²) < 4.78 is 24.7. The average Bonchev–Trinajstić information content (AvgIpc) is 1.98. The number of nitrogens with two attached hydrogens (primary N) is 1. The number of allylic oxidation sites excluding steroid dienone is 2. The van der Waals surface area contributed by atoms with E-state index in [4.69, 9.17) is 0 Å². The van der Waals surface area contributed by atoms with E-state index in [1.54, 1.807) is 13.8 Å². The van der Waals surface area contributed by atoms with Crippen molar-refractivity contribution >= 4 is 6.09 Å². The molecule has 4 heteroatoms. The lowest BCUT2D eigenvalue weighted by molar-refractivity contribution is 0.583. The number of halogens is 2. The molecule has 11 heavy (non-hydrogen) atoms. The minimum absolute atomic E-state index is 0.0903. The Labute approximate surface area is 64.8 Å². The minimum atomic E-state index is -1.09. The zero-order chi connectivity index (χ0) is 8.85. The van der Waals surface area contributed by atoms with E-state index in [1.165, 1.54) is 0 Å². The molecule has 64 valence electrons. The van der Waals surface area contributed by atoms with Crippen LogP contribution >= 0.6 is 0 Å². The molecule has 0 fully saturated rings. The molecule has 0 aromatic heterocycles. The molecular weight excluding hydrogens is 150 g/mol. The molecule has 2 N–H and O–H groups in total. The maximum Gasteiger partial charge on any atom is 0.280 e. The van der Waals surface area contributed by atoms with Gasteiger partial charge in [-0.15, -0.1) is 0 Å². The third-order valence-corrected chi connectivity index (χ3v) is 1.20. The van der Waals surface area contributed by atoms with Crippen molar-refractivity contribution in [3.05, 3.63) is 11.5 Å². The van der Waals surface area contributed by atoms with Crippen LogP contribution in [-0.2, 0) is 0 Å². The van der Waals surface area contributed by atoms with Gasteiger partial charge in [-0.3, -0.25) is 0 Å². The van der Waals surface area contributed by atoms with Gasteiger partial charge in [-0.2, -0.15) is 4.39 Å². The van der Waals surface area contributed by atoms with Crippen LogP contribution in [0.15, 0.2) is 16.5 Å². The van der Waals surface area contributed by atoms with Crippen LogP contribution in [0.3, 0.4) is 0 Å². The molecule has 0 aliphatic heterocycles. The second-order valence-electron chi connectivity index (χ2n) is 1.99. The summed E-state index contributed by atoms with van der Waals surface area (Å²) >= 11 is 0. The number of hydrogen-bond acceptors (Lipinski definition) is 1. The van der Waals surface area contributed by atoms with E-state index in [9.17, 15) is 8.78 Å². The van der Waals surface area contributed by atoms with Crippen molar-refractivity contribution in [3.63, 3.8) is 0 Å². The molecule has 0 radical (unpaired) electrons. The van der Waals surface area contributed by atoms with Crippen molar-refractivity contribution in [1.82, 2.24) is 0 Å². The van der Waals surface area contributed by atoms with E-state index in [0.717, 1.165) is 0 Å². The van der Waals surface area contributed by atoms with Crippen LogP contribution in [0, 0.1) is 0 Å². The molecule has 0 aliphatic rings. The summed E-state index contributed by atoms with van der Waals surface area (Å²) in [6.45, 7) is 3.33. The van der Waals surface area contributed by atoms with E-state index in [-0.39, 0.29) is 12.1 Å². The second kappa shape index (κ2) is 4.82. The van der Waals surface area contributed by atoms with Crippen molar-refractivity contribution in [2.24, 2.45) is 10.7 Å². The molecule has 0 atom stereocenters. The molecule has 0 amide bonds. The smallest absolute Gasteiger partial charge is 0.280 e. The van der Waals surface area contributed by atoms with Gasteiger partial charge in [0, 0.05) is 0 Å². The van der Waals surface area contributed by atoms with Gasteiger partial charge in [-0.05, 0) is 12.8 Å². The average molecular weight is 162 g/mol. The lowest BCUT2D eigenvalue weighted by Crippen LogP contribution is -2.03. The summed E-state index contributed by atoms with van der Waals surface area (Å²) in [5.41, 5.74) is 4.73. The predicted octanol–water partition coefficient (Wildman–Crippen LogP) is 2.27. The standard InChI is InChI=1S/C7H12F2N2/c1-3-5(8)6(4-2)11-7(9)10/h3-4H2,1-2H3,(H2,10,11)/b6-5-. The van der Waals surface area contributed by atoms with Crippen molar-refractivity contribution in [1.29, 1.82) is 0 Å². The highest BCUT2D eigenvalue weighted by molar-refractivity contribution is 5.71. The van der Waals surface area contributed by atoms with Crippen molar-refractivity contribution in [2.45, 2.75) is 26.7 Å². The highest BCUT2D eigenvalue weighted by Gasteiger charge is 2.01. The van der Waals surface area contributed by atoms with Crippen LogP contribution in [-0.4, -0.2) is 6.09 Å². The zero-order valence-corrected chi connectivity index (χ0v) is 6.69. The molecule has 0 aromatic rings. The Bertz CT molecular complexity index is 181. The van der Waals surface area contributed by atoms with Crippen LogP contribution in [0.1, 0.15) is 26.7 Å². The second-order valence-corrected chi connectivity index (χ2v) is 1.99.